The maximum absolute atomic E-state index is 13.2. The summed E-state index contributed by atoms with van der Waals surface area (Å²) in [6.45, 7) is 10.3. The van der Waals surface area contributed by atoms with Crippen molar-refractivity contribution in [3.05, 3.63) is 35.6 Å². The summed E-state index contributed by atoms with van der Waals surface area (Å²) >= 11 is 1.65. The summed E-state index contributed by atoms with van der Waals surface area (Å²) in [5.41, 5.74) is 0.414. The van der Waals surface area contributed by atoms with E-state index in [9.17, 15) is 14.0 Å². The standard InChI is InChI=1S/C20H29FN2O2S/c1-12(2)10-18-23(20(25)15-6-8-16(21)9-7-15)17(11-26-18)19(24)22-14(5)13(3)4/h6-9,12-14,17-18H,10-11H2,1-5H3,(H,22,24). The van der Waals surface area contributed by atoms with Gasteiger partial charge >= 0.3 is 0 Å². The molecule has 1 saturated heterocycles. The minimum atomic E-state index is -0.498. The van der Waals surface area contributed by atoms with Crippen molar-refractivity contribution in [2.75, 3.05) is 5.75 Å². The lowest BCUT2D eigenvalue weighted by atomic mass is 10.0. The highest BCUT2D eigenvalue weighted by atomic mass is 32.2. The second-order valence-corrected chi connectivity index (χ2v) is 8.90. The lowest BCUT2D eigenvalue weighted by Crippen LogP contribution is -2.52. The molecule has 2 rings (SSSR count). The lowest BCUT2D eigenvalue weighted by Gasteiger charge is -2.31. The maximum Gasteiger partial charge on any atom is 0.255 e. The maximum atomic E-state index is 13.2. The molecule has 1 aromatic carbocycles. The zero-order chi connectivity index (χ0) is 19.4. The van der Waals surface area contributed by atoms with Crippen molar-refractivity contribution in [3.8, 4) is 0 Å². The van der Waals surface area contributed by atoms with Gasteiger partial charge in [0.05, 0.1) is 5.37 Å². The first kappa shape index (κ1) is 20.7. The summed E-state index contributed by atoms with van der Waals surface area (Å²) < 4.78 is 13.2. The largest absolute Gasteiger partial charge is 0.352 e. The van der Waals surface area contributed by atoms with Gasteiger partial charge in [0.1, 0.15) is 11.9 Å². The Morgan fingerprint density at radius 1 is 1.19 bits per heavy atom. The fourth-order valence-corrected chi connectivity index (χ4v) is 4.49. The molecule has 1 aromatic rings. The normalized spacial score (nSPS) is 21.3. The van der Waals surface area contributed by atoms with Crippen molar-refractivity contribution in [2.24, 2.45) is 11.8 Å². The molecule has 4 nitrogen and oxygen atoms in total. The first-order chi connectivity index (χ1) is 12.2. The number of amides is 2. The van der Waals surface area contributed by atoms with Crippen molar-refractivity contribution in [2.45, 2.75) is 58.5 Å². The number of rotatable bonds is 6. The molecule has 0 saturated carbocycles. The topological polar surface area (TPSA) is 49.4 Å². The van der Waals surface area contributed by atoms with Crippen molar-refractivity contribution in [1.82, 2.24) is 10.2 Å². The minimum Gasteiger partial charge on any atom is -0.352 e. The number of hydrogen-bond donors (Lipinski definition) is 1. The summed E-state index contributed by atoms with van der Waals surface area (Å²) in [6.07, 6.45) is 0.821. The number of hydrogen-bond acceptors (Lipinski definition) is 3. The van der Waals surface area contributed by atoms with Gasteiger partial charge in [0, 0.05) is 17.4 Å². The van der Waals surface area contributed by atoms with Crippen LogP contribution in [0.5, 0.6) is 0 Å². The Hall–Kier alpha value is -1.56. The molecule has 3 unspecified atom stereocenters. The first-order valence-corrected chi connectivity index (χ1v) is 10.3. The van der Waals surface area contributed by atoms with Crippen LogP contribution in [0.4, 0.5) is 4.39 Å². The minimum absolute atomic E-state index is 0.0411. The van der Waals surface area contributed by atoms with Gasteiger partial charge in [-0.2, -0.15) is 0 Å². The van der Waals surface area contributed by atoms with Gasteiger partial charge in [-0.1, -0.05) is 27.7 Å². The van der Waals surface area contributed by atoms with E-state index in [0.717, 1.165) is 6.42 Å². The van der Waals surface area contributed by atoms with Crippen molar-refractivity contribution in [1.29, 1.82) is 0 Å². The van der Waals surface area contributed by atoms with Crippen LogP contribution in [0.3, 0.4) is 0 Å². The van der Waals surface area contributed by atoms with E-state index in [1.54, 1.807) is 16.7 Å². The summed E-state index contributed by atoms with van der Waals surface area (Å²) in [7, 11) is 0. The van der Waals surface area contributed by atoms with E-state index in [-0.39, 0.29) is 29.0 Å². The summed E-state index contributed by atoms with van der Waals surface area (Å²) in [5.74, 6) is 0.615. The van der Waals surface area contributed by atoms with Crippen LogP contribution in [0.25, 0.3) is 0 Å². The number of carbonyl (C=O) groups is 2. The Bertz CT molecular complexity index is 633. The number of halogens is 1. The predicted octanol–water partition coefficient (Wildman–Crippen LogP) is 3.92. The van der Waals surface area contributed by atoms with Crippen LogP contribution in [0.2, 0.25) is 0 Å². The first-order valence-electron chi connectivity index (χ1n) is 9.21. The molecule has 0 aromatic heterocycles. The number of thioether (sulfide) groups is 1. The van der Waals surface area contributed by atoms with Crippen LogP contribution in [-0.2, 0) is 4.79 Å². The van der Waals surface area contributed by atoms with Crippen molar-refractivity contribution >= 4 is 23.6 Å². The lowest BCUT2D eigenvalue weighted by molar-refractivity contribution is -0.125. The molecule has 144 valence electrons. The molecule has 26 heavy (non-hydrogen) atoms. The van der Waals surface area contributed by atoms with Crippen molar-refractivity contribution < 1.29 is 14.0 Å². The van der Waals surface area contributed by atoms with Crippen LogP contribution in [-0.4, -0.2) is 39.9 Å². The SMILES string of the molecule is CC(C)CC1SCC(C(=O)NC(C)C(C)C)N1C(=O)c1ccc(F)cc1. The zero-order valence-corrected chi connectivity index (χ0v) is 17.0. The molecule has 0 radical (unpaired) electrons. The summed E-state index contributed by atoms with van der Waals surface area (Å²) in [6, 6.07) is 5.08. The fourth-order valence-electron chi connectivity index (χ4n) is 2.85. The van der Waals surface area contributed by atoms with Gasteiger partial charge in [0.25, 0.3) is 5.91 Å². The molecule has 6 heteroatoms. The van der Waals surface area contributed by atoms with E-state index < -0.39 is 6.04 Å². The highest BCUT2D eigenvalue weighted by Gasteiger charge is 2.42. The Morgan fingerprint density at radius 3 is 2.35 bits per heavy atom. The van der Waals surface area contributed by atoms with Crippen LogP contribution >= 0.6 is 11.8 Å². The van der Waals surface area contributed by atoms with Gasteiger partial charge in [0.2, 0.25) is 5.91 Å². The van der Waals surface area contributed by atoms with E-state index in [2.05, 4.69) is 33.0 Å². The Labute approximate surface area is 159 Å². The number of carbonyl (C=O) groups excluding carboxylic acids is 2. The van der Waals surface area contributed by atoms with Crippen molar-refractivity contribution in [3.63, 3.8) is 0 Å². The molecule has 1 N–H and O–H groups in total. The highest BCUT2D eigenvalue weighted by molar-refractivity contribution is 8.00. The van der Waals surface area contributed by atoms with Gasteiger partial charge in [-0.05, 0) is 49.4 Å². The van der Waals surface area contributed by atoms with Crippen LogP contribution < -0.4 is 5.32 Å². The molecule has 0 bridgehead atoms. The molecule has 1 fully saturated rings. The van der Waals surface area contributed by atoms with E-state index >= 15 is 0 Å². The van der Waals surface area contributed by atoms with Crippen LogP contribution in [0.15, 0.2) is 24.3 Å². The second kappa shape index (κ2) is 8.89. The van der Waals surface area contributed by atoms with Crippen LogP contribution in [0.1, 0.15) is 51.4 Å². The molecular weight excluding hydrogens is 351 g/mol. The fraction of sp³-hybridized carbons (Fsp3) is 0.600. The third-order valence-corrected chi connectivity index (χ3v) is 6.08. The quantitative estimate of drug-likeness (QED) is 0.814. The number of nitrogens with zero attached hydrogens (tertiary/aromatic N) is 1. The number of benzene rings is 1. The average Bonchev–Trinajstić information content (AvgIpc) is 2.97. The highest BCUT2D eigenvalue weighted by Crippen LogP contribution is 2.34. The van der Waals surface area contributed by atoms with E-state index in [0.29, 0.717) is 23.2 Å². The smallest absolute Gasteiger partial charge is 0.255 e. The third kappa shape index (κ3) is 5.00. The monoisotopic (exact) mass is 380 g/mol. The molecule has 1 aliphatic heterocycles. The van der Waals surface area contributed by atoms with Crippen LogP contribution in [0, 0.1) is 17.7 Å². The van der Waals surface area contributed by atoms with Gasteiger partial charge in [-0.15, -0.1) is 11.8 Å². The Kier molecular flexibility index (Phi) is 7.09. The molecule has 3 atom stereocenters. The Morgan fingerprint density at radius 2 is 1.81 bits per heavy atom. The molecule has 1 heterocycles. The summed E-state index contributed by atoms with van der Waals surface area (Å²) in [4.78, 5) is 27.6. The molecule has 0 spiro atoms. The average molecular weight is 381 g/mol. The van der Waals surface area contributed by atoms with Gasteiger partial charge < -0.3 is 10.2 Å². The molecule has 2 amide bonds. The van der Waals surface area contributed by atoms with E-state index in [1.165, 1.54) is 24.3 Å². The van der Waals surface area contributed by atoms with E-state index in [4.69, 9.17) is 0 Å². The summed E-state index contributed by atoms with van der Waals surface area (Å²) in [5, 5.41) is 2.99. The molecule has 1 aliphatic rings. The predicted molar refractivity (Wildman–Crippen MR) is 105 cm³/mol. The molecule has 0 aliphatic carbocycles. The zero-order valence-electron chi connectivity index (χ0n) is 16.2. The Balaban J connectivity index is 2.24. The second-order valence-electron chi connectivity index (χ2n) is 7.69. The van der Waals surface area contributed by atoms with Gasteiger partial charge in [0.15, 0.2) is 0 Å². The molecular formula is C20H29FN2O2S. The van der Waals surface area contributed by atoms with Gasteiger partial charge in [-0.3, -0.25) is 9.59 Å². The van der Waals surface area contributed by atoms with E-state index in [1.807, 2.05) is 6.92 Å². The third-order valence-electron chi connectivity index (χ3n) is 4.76. The number of nitrogens with one attached hydrogen (secondary N) is 1. The van der Waals surface area contributed by atoms with Gasteiger partial charge in [-0.25, -0.2) is 4.39 Å².